The maximum Gasteiger partial charge on any atom is 0.268 e. The lowest BCUT2D eigenvalue weighted by molar-refractivity contribution is -0.112. The van der Waals surface area contributed by atoms with Gasteiger partial charge in [0.15, 0.2) is 0 Å². The van der Waals surface area contributed by atoms with Gasteiger partial charge in [-0.3, -0.25) is 10.1 Å². The average Bonchev–Trinajstić information content (AvgIpc) is 3.31. The number of sulfone groups is 1. The van der Waals surface area contributed by atoms with Crippen molar-refractivity contribution < 1.29 is 22.7 Å². The van der Waals surface area contributed by atoms with E-state index >= 15 is 0 Å². The molecule has 0 aliphatic rings. The number of benzene rings is 2. The van der Waals surface area contributed by atoms with Gasteiger partial charge >= 0.3 is 0 Å². The Morgan fingerprint density at radius 2 is 1.94 bits per heavy atom. The minimum atomic E-state index is -3.60. The third-order valence-corrected chi connectivity index (χ3v) is 6.81. The van der Waals surface area contributed by atoms with Crippen LogP contribution in [0.5, 0.6) is 11.5 Å². The maximum absolute atomic E-state index is 12.4. The molecule has 0 bridgehead atoms. The van der Waals surface area contributed by atoms with Crippen LogP contribution in [0.15, 0.2) is 59.3 Å². The summed E-state index contributed by atoms with van der Waals surface area (Å²) in [5.74, 6) is 0.239. The van der Waals surface area contributed by atoms with Crippen LogP contribution in [-0.2, 0) is 14.6 Å². The number of hydrogen-bond donors (Lipinski definition) is 1. The van der Waals surface area contributed by atoms with Crippen LogP contribution in [-0.4, -0.2) is 42.6 Å². The summed E-state index contributed by atoms with van der Waals surface area (Å²) in [6, 6.07) is 15.9. The molecule has 0 unspecified atom stereocenters. The summed E-state index contributed by atoms with van der Waals surface area (Å²) < 4.78 is 38.5. The molecule has 0 atom stereocenters. The Labute approximate surface area is 205 Å². The van der Waals surface area contributed by atoms with E-state index in [4.69, 9.17) is 21.1 Å². The van der Waals surface area contributed by atoms with E-state index in [1.807, 2.05) is 30.3 Å². The lowest BCUT2D eigenvalue weighted by atomic mass is 10.1. The Kier molecular flexibility index (Phi) is 8.59. The van der Waals surface area contributed by atoms with Gasteiger partial charge in [-0.05, 0) is 35.9 Å². The fraction of sp³-hybridized carbons (Fsp3) is 0.182. The number of hydrogen-bond acceptors (Lipinski definition) is 9. The molecule has 34 heavy (non-hydrogen) atoms. The van der Waals surface area contributed by atoms with Crippen LogP contribution < -0.4 is 14.8 Å². The van der Waals surface area contributed by atoms with Gasteiger partial charge in [0.1, 0.15) is 36.4 Å². The molecular formula is C22H19ClN4O5S2. The van der Waals surface area contributed by atoms with Gasteiger partial charge in [-0.1, -0.05) is 42.8 Å². The second-order valence-electron chi connectivity index (χ2n) is 6.61. The summed E-state index contributed by atoms with van der Waals surface area (Å²) in [6.45, 7) is 2.06. The number of nitrogens with zero attached hydrogens (tertiary/aromatic N) is 3. The summed E-state index contributed by atoms with van der Waals surface area (Å²) in [5.41, 5.74) is 0.271. The molecule has 3 aromatic rings. The number of ether oxygens (including phenoxy) is 2. The van der Waals surface area contributed by atoms with Gasteiger partial charge in [-0.2, -0.15) is 14.6 Å². The van der Waals surface area contributed by atoms with Crippen LogP contribution in [0.2, 0.25) is 5.02 Å². The molecular weight excluding hydrogens is 500 g/mol. The molecule has 0 radical (unpaired) electrons. The highest BCUT2D eigenvalue weighted by molar-refractivity contribution is 7.91. The molecule has 0 fully saturated rings. The summed E-state index contributed by atoms with van der Waals surface area (Å²) >= 11 is 6.98. The number of carbonyl (C=O) groups excluding carboxylic acids is 1. The van der Waals surface area contributed by atoms with Crippen LogP contribution in [0, 0.1) is 11.3 Å². The molecule has 0 saturated heterocycles. The molecule has 0 saturated carbocycles. The maximum atomic E-state index is 12.4. The zero-order valence-corrected chi connectivity index (χ0v) is 20.3. The number of para-hydroxylation sites is 1. The molecule has 12 heteroatoms. The first-order chi connectivity index (χ1) is 16.3. The van der Waals surface area contributed by atoms with Gasteiger partial charge in [-0.15, -0.1) is 0 Å². The lowest BCUT2D eigenvalue weighted by Gasteiger charge is -2.10. The van der Waals surface area contributed by atoms with Gasteiger partial charge in [0.25, 0.3) is 11.1 Å². The van der Waals surface area contributed by atoms with Gasteiger partial charge in [0.2, 0.25) is 15.0 Å². The Hall–Kier alpha value is -3.46. The Morgan fingerprint density at radius 3 is 2.62 bits per heavy atom. The van der Waals surface area contributed by atoms with E-state index in [1.54, 1.807) is 24.3 Å². The number of carbonyl (C=O) groups is 1. The smallest absolute Gasteiger partial charge is 0.268 e. The summed E-state index contributed by atoms with van der Waals surface area (Å²) in [5, 5.41) is 11.7. The van der Waals surface area contributed by atoms with Gasteiger partial charge in [0, 0.05) is 11.5 Å². The van der Waals surface area contributed by atoms with Gasteiger partial charge in [0.05, 0.1) is 10.8 Å². The average molecular weight is 519 g/mol. The highest BCUT2D eigenvalue weighted by Crippen LogP contribution is 2.27. The normalized spacial score (nSPS) is 11.5. The highest BCUT2D eigenvalue weighted by atomic mass is 35.5. The highest BCUT2D eigenvalue weighted by Gasteiger charge is 2.20. The summed E-state index contributed by atoms with van der Waals surface area (Å²) in [4.78, 5) is 16.2. The van der Waals surface area contributed by atoms with E-state index < -0.39 is 15.7 Å². The molecule has 1 heterocycles. The third kappa shape index (κ3) is 6.77. The topological polar surface area (TPSA) is 131 Å². The minimum Gasteiger partial charge on any atom is -0.490 e. The molecule has 2 aromatic carbocycles. The molecule has 176 valence electrons. The van der Waals surface area contributed by atoms with Crippen LogP contribution >= 0.6 is 23.1 Å². The minimum absolute atomic E-state index is 0.0299. The fourth-order valence-corrected chi connectivity index (χ4v) is 4.37. The summed E-state index contributed by atoms with van der Waals surface area (Å²) in [7, 11) is -3.60. The molecule has 3 rings (SSSR count). The standard InChI is InChI=1S/C22H19ClN4O5S2/c1-2-34(29,30)22-26-21(33-27-22)25-20(28)16(14-24)12-15-8-9-19(18(23)13-15)32-11-10-31-17-6-4-3-5-7-17/h3-9,12-13H,2,10-11H2,1H3,(H,25,26,27,28)/b16-12-. The van der Waals surface area contributed by atoms with Crippen molar-refractivity contribution in [3.8, 4) is 17.6 Å². The predicted octanol–water partition coefficient (Wildman–Crippen LogP) is 3.99. The van der Waals surface area contributed by atoms with E-state index in [0.717, 1.165) is 5.75 Å². The first-order valence-corrected chi connectivity index (χ1v) is 12.7. The number of amides is 1. The zero-order chi connectivity index (χ0) is 24.6. The first kappa shape index (κ1) is 25.2. The number of anilines is 1. The van der Waals surface area contributed by atoms with E-state index in [9.17, 15) is 18.5 Å². The molecule has 0 aliphatic heterocycles. The monoisotopic (exact) mass is 518 g/mol. The fourth-order valence-electron chi connectivity index (χ4n) is 2.55. The van der Waals surface area contributed by atoms with Crippen LogP contribution in [0.4, 0.5) is 5.13 Å². The predicted molar refractivity (Wildman–Crippen MR) is 129 cm³/mol. The summed E-state index contributed by atoms with van der Waals surface area (Å²) in [6.07, 6.45) is 1.34. The van der Waals surface area contributed by atoms with Gasteiger partial charge in [-0.25, -0.2) is 8.42 Å². The Balaban J connectivity index is 1.61. The van der Waals surface area contributed by atoms with Crippen molar-refractivity contribution in [3.63, 3.8) is 0 Å². The molecule has 1 N–H and O–H groups in total. The Morgan fingerprint density at radius 1 is 1.21 bits per heavy atom. The van der Waals surface area contributed by atoms with E-state index in [0.29, 0.717) is 34.5 Å². The van der Waals surface area contributed by atoms with Crippen molar-refractivity contribution in [2.75, 3.05) is 24.3 Å². The molecule has 9 nitrogen and oxygen atoms in total. The largest absolute Gasteiger partial charge is 0.490 e. The number of nitriles is 1. The molecule has 1 amide bonds. The van der Waals surface area contributed by atoms with Crippen molar-refractivity contribution in [1.82, 2.24) is 9.36 Å². The van der Waals surface area contributed by atoms with Crippen LogP contribution in [0.3, 0.4) is 0 Å². The Bertz CT molecular complexity index is 1330. The number of nitrogens with one attached hydrogen (secondary N) is 1. The lowest BCUT2D eigenvalue weighted by Crippen LogP contribution is -2.13. The van der Waals surface area contributed by atoms with E-state index in [2.05, 4.69) is 14.7 Å². The second kappa shape index (κ2) is 11.6. The van der Waals surface area contributed by atoms with E-state index in [1.165, 1.54) is 13.0 Å². The zero-order valence-electron chi connectivity index (χ0n) is 17.9. The molecule has 0 aliphatic carbocycles. The van der Waals surface area contributed by atoms with Gasteiger partial charge < -0.3 is 9.47 Å². The number of halogens is 1. The molecule has 0 spiro atoms. The number of aromatic nitrogens is 2. The van der Waals surface area contributed by atoms with Crippen molar-refractivity contribution in [3.05, 3.63) is 64.7 Å². The quantitative estimate of drug-likeness (QED) is 0.242. The van der Waals surface area contributed by atoms with Crippen LogP contribution in [0.1, 0.15) is 12.5 Å². The third-order valence-electron chi connectivity index (χ3n) is 4.27. The van der Waals surface area contributed by atoms with Crippen molar-refractivity contribution in [1.29, 1.82) is 5.26 Å². The second-order valence-corrected chi connectivity index (χ2v) is 9.94. The van der Waals surface area contributed by atoms with Crippen LogP contribution in [0.25, 0.3) is 6.08 Å². The van der Waals surface area contributed by atoms with Crippen molar-refractivity contribution in [2.24, 2.45) is 0 Å². The number of rotatable bonds is 10. The SMILES string of the molecule is CCS(=O)(=O)c1nsc(NC(=O)/C(C#N)=C\c2ccc(OCCOc3ccccc3)c(Cl)c2)n1. The molecule has 1 aromatic heterocycles. The van der Waals surface area contributed by atoms with Crippen molar-refractivity contribution >= 4 is 50.1 Å². The van der Waals surface area contributed by atoms with Crippen molar-refractivity contribution in [2.45, 2.75) is 12.1 Å². The first-order valence-electron chi connectivity index (χ1n) is 9.92. The van der Waals surface area contributed by atoms with E-state index in [-0.39, 0.29) is 28.2 Å².